The van der Waals surface area contributed by atoms with Crippen molar-refractivity contribution in [2.24, 2.45) is 0 Å². The van der Waals surface area contributed by atoms with Gasteiger partial charge in [-0.05, 0) is 30.3 Å². The Bertz CT molecular complexity index is 468. The summed E-state index contributed by atoms with van der Waals surface area (Å²) in [6, 6.07) is 6.12. The summed E-state index contributed by atoms with van der Waals surface area (Å²) < 4.78 is 13.2. The van der Waals surface area contributed by atoms with E-state index < -0.39 is 5.82 Å². The van der Waals surface area contributed by atoms with Crippen LogP contribution in [-0.2, 0) is 11.3 Å². The number of halogens is 1. The average Bonchev–Trinajstić information content (AvgIpc) is 2.36. The summed E-state index contributed by atoms with van der Waals surface area (Å²) in [6.07, 6.45) is 0. The topological polar surface area (TPSA) is 56.1 Å². The number of carbonyl (C=O) groups excluding carboxylic acids is 1. The third-order valence-corrected chi connectivity index (χ3v) is 2.59. The molecule has 18 heavy (non-hydrogen) atoms. The van der Waals surface area contributed by atoms with Gasteiger partial charge in [-0.25, -0.2) is 4.39 Å². The molecule has 0 spiro atoms. The SMILES string of the molecule is CCN(CC(=O)NC)Cc1cc(F)cc(C#N)c1. The Balaban J connectivity index is 2.78. The Morgan fingerprint density at radius 1 is 1.50 bits per heavy atom. The number of amides is 1. The van der Waals surface area contributed by atoms with Crippen LogP contribution in [-0.4, -0.2) is 30.9 Å². The van der Waals surface area contributed by atoms with Gasteiger partial charge in [-0.1, -0.05) is 6.92 Å². The highest BCUT2D eigenvalue weighted by Crippen LogP contribution is 2.11. The standard InChI is InChI=1S/C13H16FN3O/c1-3-17(9-13(18)16-2)8-11-4-10(7-15)5-12(14)6-11/h4-6H,3,8-9H2,1-2H3,(H,16,18). The maximum atomic E-state index is 13.2. The Hall–Kier alpha value is -1.93. The van der Waals surface area contributed by atoms with E-state index >= 15 is 0 Å². The molecule has 1 rings (SSSR count). The molecule has 5 heteroatoms. The van der Waals surface area contributed by atoms with Crippen molar-refractivity contribution in [1.29, 1.82) is 5.26 Å². The maximum absolute atomic E-state index is 13.2. The van der Waals surface area contributed by atoms with E-state index in [1.165, 1.54) is 12.1 Å². The molecule has 0 aliphatic rings. The van der Waals surface area contributed by atoms with Gasteiger partial charge in [-0.3, -0.25) is 9.69 Å². The van der Waals surface area contributed by atoms with Crippen molar-refractivity contribution < 1.29 is 9.18 Å². The Morgan fingerprint density at radius 2 is 2.22 bits per heavy atom. The van der Waals surface area contributed by atoms with Gasteiger partial charge < -0.3 is 5.32 Å². The molecule has 0 bridgehead atoms. The molecular weight excluding hydrogens is 233 g/mol. The summed E-state index contributed by atoms with van der Waals surface area (Å²) in [7, 11) is 1.58. The maximum Gasteiger partial charge on any atom is 0.233 e. The van der Waals surface area contributed by atoms with Gasteiger partial charge in [0.25, 0.3) is 0 Å². The lowest BCUT2D eigenvalue weighted by molar-refractivity contribution is -0.121. The third kappa shape index (κ3) is 4.15. The zero-order valence-corrected chi connectivity index (χ0v) is 10.5. The zero-order chi connectivity index (χ0) is 13.5. The van der Waals surface area contributed by atoms with E-state index in [1.807, 2.05) is 17.9 Å². The van der Waals surface area contributed by atoms with E-state index in [1.54, 1.807) is 13.1 Å². The van der Waals surface area contributed by atoms with Gasteiger partial charge in [0.1, 0.15) is 5.82 Å². The zero-order valence-electron chi connectivity index (χ0n) is 10.5. The van der Waals surface area contributed by atoms with Gasteiger partial charge in [-0.2, -0.15) is 5.26 Å². The highest BCUT2D eigenvalue weighted by atomic mass is 19.1. The molecular formula is C13H16FN3O. The molecule has 0 aliphatic carbocycles. The predicted octanol–water partition coefficient (Wildman–Crippen LogP) is 1.27. The van der Waals surface area contributed by atoms with Crippen LogP contribution in [0.4, 0.5) is 4.39 Å². The van der Waals surface area contributed by atoms with Crippen LogP contribution in [0.1, 0.15) is 18.1 Å². The van der Waals surface area contributed by atoms with Gasteiger partial charge in [-0.15, -0.1) is 0 Å². The van der Waals surface area contributed by atoms with Gasteiger partial charge in [0.15, 0.2) is 0 Å². The first-order valence-corrected chi connectivity index (χ1v) is 5.71. The summed E-state index contributed by atoms with van der Waals surface area (Å²) in [5, 5.41) is 11.3. The van der Waals surface area contributed by atoms with Crippen molar-refractivity contribution in [2.75, 3.05) is 20.1 Å². The predicted molar refractivity (Wildman–Crippen MR) is 66.1 cm³/mol. The van der Waals surface area contributed by atoms with E-state index in [4.69, 9.17) is 5.26 Å². The Kier molecular flexibility index (Phi) is 5.28. The molecule has 0 heterocycles. The summed E-state index contributed by atoms with van der Waals surface area (Å²) >= 11 is 0. The number of hydrogen-bond donors (Lipinski definition) is 1. The van der Waals surface area contributed by atoms with E-state index in [0.29, 0.717) is 24.2 Å². The molecule has 1 amide bonds. The fraction of sp³-hybridized carbons (Fsp3) is 0.385. The van der Waals surface area contributed by atoms with Crippen LogP contribution in [0, 0.1) is 17.1 Å². The summed E-state index contributed by atoms with van der Waals surface area (Å²) in [4.78, 5) is 13.2. The molecule has 0 aromatic heterocycles. The second-order valence-corrected chi connectivity index (χ2v) is 3.94. The van der Waals surface area contributed by atoms with E-state index in [0.717, 1.165) is 0 Å². The van der Waals surface area contributed by atoms with E-state index in [-0.39, 0.29) is 12.5 Å². The molecule has 0 radical (unpaired) electrons. The van der Waals surface area contributed by atoms with Crippen molar-refractivity contribution in [2.45, 2.75) is 13.5 Å². The van der Waals surface area contributed by atoms with Crippen molar-refractivity contribution in [3.8, 4) is 6.07 Å². The molecule has 0 unspecified atom stereocenters. The smallest absolute Gasteiger partial charge is 0.233 e. The number of nitrogens with zero attached hydrogens (tertiary/aromatic N) is 2. The van der Waals surface area contributed by atoms with Crippen LogP contribution in [0.3, 0.4) is 0 Å². The monoisotopic (exact) mass is 249 g/mol. The molecule has 96 valence electrons. The number of benzene rings is 1. The highest BCUT2D eigenvalue weighted by molar-refractivity contribution is 5.77. The van der Waals surface area contributed by atoms with Crippen LogP contribution in [0.25, 0.3) is 0 Å². The van der Waals surface area contributed by atoms with E-state index in [2.05, 4.69) is 5.32 Å². The minimum Gasteiger partial charge on any atom is -0.358 e. The number of rotatable bonds is 5. The number of carbonyl (C=O) groups is 1. The molecule has 0 saturated heterocycles. The van der Waals surface area contributed by atoms with Crippen molar-refractivity contribution in [3.05, 3.63) is 35.1 Å². The molecule has 0 fully saturated rings. The fourth-order valence-corrected chi connectivity index (χ4v) is 1.63. The molecule has 1 aromatic rings. The number of nitrogens with one attached hydrogen (secondary N) is 1. The van der Waals surface area contributed by atoms with Crippen LogP contribution in [0.15, 0.2) is 18.2 Å². The first kappa shape index (κ1) is 14.1. The summed E-state index contributed by atoms with van der Waals surface area (Å²) in [6.45, 7) is 3.29. The molecule has 0 atom stereocenters. The molecule has 0 saturated carbocycles. The number of nitriles is 1. The van der Waals surface area contributed by atoms with Crippen LogP contribution in [0.2, 0.25) is 0 Å². The van der Waals surface area contributed by atoms with Crippen LogP contribution >= 0.6 is 0 Å². The van der Waals surface area contributed by atoms with Crippen LogP contribution in [0.5, 0.6) is 0 Å². The first-order chi connectivity index (χ1) is 8.58. The lowest BCUT2D eigenvalue weighted by Crippen LogP contribution is -2.35. The number of likely N-dealkylation sites (N-methyl/N-ethyl adjacent to an activating group) is 2. The van der Waals surface area contributed by atoms with Gasteiger partial charge in [0.05, 0.1) is 18.2 Å². The first-order valence-electron chi connectivity index (χ1n) is 5.71. The minimum atomic E-state index is -0.431. The normalized spacial score (nSPS) is 10.2. The highest BCUT2D eigenvalue weighted by Gasteiger charge is 2.09. The second-order valence-electron chi connectivity index (χ2n) is 3.94. The molecule has 0 aliphatic heterocycles. The second kappa shape index (κ2) is 6.72. The molecule has 1 N–H and O–H groups in total. The van der Waals surface area contributed by atoms with Crippen molar-refractivity contribution in [3.63, 3.8) is 0 Å². The summed E-state index contributed by atoms with van der Waals surface area (Å²) in [5.74, 6) is -0.520. The largest absolute Gasteiger partial charge is 0.358 e. The van der Waals surface area contributed by atoms with Gasteiger partial charge >= 0.3 is 0 Å². The van der Waals surface area contributed by atoms with Gasteiger partial charge in [0.2, 0.25) is 5.91 Å². The van der Waals surface area contributed by atoms with Crippen molar-refractivity contribution >= 4 is 5.91 Å². The Morgan fingerprint density at radius 3 is 2.78 bits per heavy atom. The third-order valence-electron chi connectivity index (χ3n) is 2.59. The lowest BCUT2D eigenvalue weighted by atomic mass is 10.1. The summed E-state index contributed by atoms with van der Waals surface area (Å²) in [5.41, 5.74) is 0.985. The van der Waals surface area contributed by atoms with Gasteiger partial charge in [0, 0.05) is 13.6 Å². The average molecular weight is 249 g/mol. The lowest BCUT2D eigenvalue weighted by Gasteiger charge is -2.19. The Labute approximate surface area is 106 Å². The quantitative estimate of drug-likeness (QED) is 0.854. The van der Waals surface area contributed by atoms with Crippen LogP contribution < -0.4 is 5.32 Å². The number of hydrogen-bond acceptors (Lipinski definition) is 3. The fourth-order valence-electron chi connectivity index (χ4n) is 1.63. The van der Waals surface area contributed by atoms with E-state index in [9.17, 15) is 9.18 Å². The minimum absolute atomic E-state index is 0.0891. The van der Waals surface area contributed by atoms with Crippen molar-refractivity contribution in [1.82, 2.24) is 10.2 Å². The molecule has 4 nitrogen and oxygen atoms in total. The molecule has 1 aromatic carbocycles.